The van der Waals surface area contributed by atoms with E-state index in [1.807, 2.05) is 36.4 Å². The smallest absolute Gasteiger partial charge is 0.121 e. The van der Waals surface area contributed by atoms with Gasteiger partial charge in [-0.15, -0.1) is 11.3 Å². The first kappa shape index (κ1) is 10.7. The molecule has 0 spiro atoms. The van der Waals surface area contributed by atoms with Gasteiger partial charge in [0.15, 0.2) is 0 Å². The number of aliphatic hydroxyl groups is 1. The molecule has 15 heavy (non-hydrogen) atoms. The Hall–Kier alpha value is -0.830. The molecule has 1 aromatic heterocycles. The molecule has 0 bridgehead atoms. The molecule has 1 nitrogen and oxygen atoms in total. The summed E-state index contributed by atoms with van der Waals surface area (Å²) in [4.78, 5) is 0.860. The van der Waals surface area contributed by atoms with E-state index in [4.69, 9.17) is 11.6 Å². The lowest BCUT2D eigenvalue weighted by molar-refractivity contribution is 0.106. The Bertz CT molecular complexity index is 448. The van der Waals surface area contributed by atoms with Crippen molar-refractivity contribution < 1.29 is 5.11 Å². The second-order valence-electron chi connectivity index (χ2n) is 3.54. The topological polar surface area (TPSA) is 20.2 Å². The first-order chi connectivity index (χ1) is 7.10. The second kappa shape index (κ2) is 3.97. The molecule has 1 aromatic carbocycles. The van der Waals surface area contributed by atoms with Gasteiger partial charge in [-0.05, 0) is 24.6 Å². The summed E-state index contributed by atoms with van der Waals surface area (Å²) in [6.07, 6.45) is 0. The molecular formula is C12H11ClOS. The molecule has 0 radical (unpaired) electrons. The zero-order valence-electron chi connectivity index (χ0n) is 8.27. The van der Waals surface area contributed by atoms with Crippen LogP contribution in [-0.4, -0.2) is 5.11 Å². The first-order valence-electron chi connectivity index (χ1n) is 4.64. The van der Waals surface area contributed by atoms with Crippen molar-refractivity contribution in [3.8, 4) is 0 Å². The van der Waals surface area contributed by atoms with Gasteiger partial charge in [-0.2, -0.15) is 0 Å². The second-order valence-corrected chi connectivity index (χ2v) is 5.26. The Balaban J connectivity index is 2.43. The van der Waals surface area contributed by atoms with E-state index in [1.54, 1.807) is 13.0 Å². The number of hydrogen-bond donors (Lipinski definition) is 1. The summed E-state index contributed by atoms with van der Waals surface area (Å²) in [7, 11) is 0. The Morgan fingerprint density at radius 3 is 2.33 bits per heavy atom. The van der Waals surface area contributed by atoms with E-state index >= 15 is 0 Å². The van der Waals surface area contributed by atoms with Gasteiger partial charge in [-0.1, -0.05) is 41.9 Å². The lowest BCUT2D eigenvalue weighted by Gasteiger charge is -2.22. The van der Waals surface area contributed by atoms with Crippen LogP contribution >= 0.6 is 22.9 Å². The Morgan fingerprint density at radius 2 is 1.80 bits per heavy atom. The van der Waals surface area contributed by atoms with Crippen LogP contribution in [0.4, 0.5) is 0 Å². The molecule has 78 valence electrons. The number of thiophene rings is 1. The molecule has 2 rings (SSSR count). The Kier molecular flexibility index (Phi) is 2.83. The number of hydrogen-bond acceptors (Lipinski definition) is 2. The summed E-state index contributed by atoms with van der Waals surface area (Å²) >= 11 is 7.27. The maximum atomic E-state index is 10.4. The summed E-state index contributed by atoms with van der Waals surface area (Å²) in [5, 5.41) is 10.4. The van der Waals surface area contributed by atoms with Gasteiger partial charge in [-0.3, -0.25) is 0 Å². The van der Waals surface area contributed by atoms with Crippen LogP contribution in [0.3, 0.4) is 0 Å². The van der Waals surface area contributed by atoms with Crippen LogP contribution < -0.4 is 0 Å². The van der Waals surface area contributed by atoms with E-state index in [2.05, 4.69) is 0 Å². The highest BCUT2D eigenvalue weighted by molar-refractivity contribution is 7.16. The highest BCUT2D eigenvalue weighted by Gasteiger charge is 2.26. The average Bonchev–Trinajstić information content (AvgIpc) is 2.67. The third-order valence-electron chi connectivity index (χ3n) is 2.39. The fraction of sp³-hybridized carbons (Fsp3) is 0.167. The highest BCUT2D eigenvalue weighted by Crippen LogP contribution is 2.35. The van der Waals surface area contributed by atoms with Gasteiger partial charge in [-0.25, -0.2) is 0 Å². The van der Waals surface area contributed by atoms with Crippen molar-refractivity contribution in [1.82, 2.24) is 0 Å². The van der Waals surface area contributed by atoms with Gasteiger partial charge < -0.3 is 5.11 Å². The summed E-state index contributed by atoms with van der Waals surface area (Å²) in [6.45, 7) is 1.78. The minimum absolute atomic E-state index is 0.696. The molecule has 0 saturated carbocycles. The van der Waals surface area contributed by atoms with Crippen LogP contribution in [0.5, 0.6) is 0 Å². The molecule has 0 fully saturated rings. The van der Waals surface area contributed by atoms with E-state index in [1.165, 1.54) is 11.3 Å². The SMILES string of the molecule is CC(O)(c1ccccc1)c1ccc(Cl)s1. The number of halogens is 1. The van der Waals surface area contributed by atoms with Gasteiger partial charge in [0.1, 0.15) is 5.60 Å². The van der Waals surface area contributed by atoms with E-state index in [-0.39, 0.29) is 0 Å². The predicted octanol–water partition coefficient (Wildman–Crippen LogP) is 3.66. The standard InChI is InChI=1S/C12H11ClOS/c1-12(14,9-5-3-2-4-6-9)10-7-8-11(13)15-10/h2-8,14H,1H3. The maximum absolute atomic E-state index is 10.4. The van der Waals surface area contributed by atoms with Crippen molar-refractivity contribution in [2.45, 2.75) is 12.5 Å². The van der Waals surface area contributed by atoms with Crippen LogP contribution in [-0.2, 0) is 5.60 Å². The van der Waals surface area contributed by atoms with Crippen molar-refractivity contribution in [2.24, 2.45) is 0 Å². The first-order valence-corrected chi connectivity index (χ1v) is 5.84. The zero-order valence-corrected chi connectivity index (χ0v) is 9.85. The van der Waals surface area contributed by atoms with Crippen LogP contribution in [0.25, 0.3) is 0 Å². The van der Waals surface area contributed by atoms with Crippen LogP contribution in [0.2, 0.25) is 4.34 Å². The molecule has 1 atom stereocenters. The van der Waals surface area contributed by atoms with Crippen molar-refractivity contribution in [3.63, 3.8) is 0 Å². The van der Waals surface area contributed by atoms with Crippen LogP contribution in [0.15, 0.2) is 42.5 Å². The molecule has 0 aliphatic carbocycles. The highest BCUT2D eigenvalue weighted by atomic mass is 35.5. The minimum atomic E-state index is -0.959. The lowest BCUT2D eigenvalue weighted by Crippen LogP contribution is -2.20. The van der Waals surface area contributed by atoms with Gasteiger partial charge in [0.25, 0.3) is 0 Å². The summed E-state index contributed by atoms with van der Waals surface area (Å²) < 4.78 is 0.696. The number of rotatable bonds is 2. The van der Waals surface area contributed by atoms with Gasteiger partial charge in [0.2, 0.25) is 0 Å². The summed E-state index contributed by atoms with van der Waals surface area (Å²) in [5.41, 5.74) is -0.0810. The van der Waals surface area contributed by atoms with Crippen molar-refractivity contribution in [1.29, 1.82) is 0 Å². The van der Waals surface area contributed by atoms with E-state index in [9.17, 15) is 5.11 Å². The quantitative estimate of drug-likeness (QED) is 0.847. The molecule has 1 N–H and O–H groups in total. The van der Waals surface area contributed by atoms with Gasteiger partial charge in [0.05, 0.1) is 4.34 Å². The van der Waals surface area contributed by atoms with Crippen LogP contribution in [0.1, 0.15) is 17.4 Å². The molecule has 0 aliphatic rings. The largest absolute Gasteiger partial charge is 0.380 e. The minimum Gasteiger partial charge on any atom is -0.380 e. The van der Waals surface area contributed by atoms with Gasteiger partial charge in [0, 0.05) is 4.88 Å². The summed E-state index contributed by atoms with van der Waals surface area (Å²) in [5.74, 6) is 0. The predicted molar refractivity (Wildman–Crippen MR) is 64.4 cm³/mol. The van der Waals surface area contributed by atoms with E-state index in [0.29, 0.717) is 4.34 Å². The average molecular weight is 239 g/mol. The van der Waals surface area contributed by atoms with Crippen molar-refractivity contribution in [3.05, 3.63) is 57.2 Å². The third kappa shape index (κ3) is 2.07. The Morgan fingerprint density at radius 1 is 1.13 bits per heavy atom. The lowest BCUT2D eigenvalue weighted by atomic mass is 9.95. The zero-order chi connectivity index (χ0) is 10.9. The maximum Gasteiger partial charge on any atom is 0.121 e. The monoisotopic (exact) mass is 238 g/mol. The van der Waals surface area contributed by atoms with Gasteiger partial charge >= 0.3 is 0 Å². The molecule has 0 amide bonds. The van der Waals surface area contributed by atoms with Crippen molar-refractivity contribution >= 4 is 22.9 Å². The molecule has 0 saturated heterocycles. The fourth-order valence-corrected chi connectivity index (χ4v) is 2.59. The molecule has 0 aliphatic heterocycles. The summed E-state index contributed by atoms with van der Waals surface area (Å²) in [6, 6.07) is 13.2. The van der Waals surface area contributed by atoms with E-state index in [0.717, 1.165) is 10.4 Å². The molecule has 1 heterocycles. The normalized spacial score (nSPS) is 14.9. The van der Waals surface area contributed by atoms with E-state index < -0.39 is 5.60 Å². The molecule has 3 heteroatoms. The van der Waals surface area contributed by atoms with Crippen molar-refractivity contribution in [2.75, 3.05) is 0 Å². The Labute approximate surface area is 98.0 Å². The molecule has 1 unspecified atom stereocenters. The third-order valence-corrected chi connectivity index (χ3v) is 3.83. The molecular weight excluding hydrogens is 228 g/mol. The number of benzene rings is 1. The fourth-order valence-electron chi connectivity index (χ4n) is 1.48. The van der Waals surface area contributed by atoms with Crippen LogP contribution in [0, 0.1) is 0 Å². The molecule has 2 aromatic rings.